The number of Topliss-reactive ketones (excluding diaryl/α,β-unsaturated/α-hetero) is 1. The van der Waals surface area contributed by atoms with Gasteiger partial charge in [-0.05, 0) is 64.4 Å². The number of benzene rings is 1. The van der Waals surface area contributed by atoms with Crippen molar-refractivity contribution in [2.45, 2.75) is 65.3 Å². The summed E-state index contributed by atoms with van der Waals surface area (Å²) in [4.78, 5) is 26.3. The molecule has 0 aliphatic carbocycles. The maximum Gasteiger partial charge on any atom is 0.328 e. The lowest BCUT2D eigenvalue weighted by molar-refractivity contribution is -0.139. The Labute approximate surface area is 145 Å². The predicted molar refractivity (Wildman–Crippen MR) is 95.5 cm³/mol. The zero-order valence-electron chi connectivity index (χ0n) is 15.7. The molecule has 0 aromatic heterocycles. The molecule has 0 N–H and O–H groups in total. The lowest BCUT2D eigenvalue weighted by atomic mass is 9.77. The van der Waals surface area contributed by atoms with Crippen LogP contribution in [0.15, 0.2) is 12.1 Å². The molecule has 0 bridgehead atoms. The largest absolute Gasteiger partial charge is 0.425 e. The zero-order chi connectivity index (χ0) is 18.1. The van der Waals surface area contributed by atoms with Crippen LogP contribution in [-0.2, 0) is 15.0 Å². The molecule has 1 saturated heterocycles. The van der Waals surface area contributed by atoms with Crippen molar-refractivity contribution >= 4 is 11.8 Å². The molecule has 132 valence electrons. The van der Waals surface area contributed by atoms with Crippen molar-refractivity contribution in [3.05, 3.63) is 28.8 Å². The SMILES string of the molecule is CC(=O)CC(C)(C)c1c(C)cc(C)cc1OC(=O)C1CCCN1C. The Morgan fingerprint density at radius 1 is 1.29 bits per heavy atom. The van der Waals surface area contributed by atoms with E-state index in [4.69, 9.17) is 4.74 Å². The number of rotatable bonds is 5. The van der Waals surface area contributed by atoms with Crippen molar-refractivity contribution in [3.63, 3.8) is 0 Å². The number of aryl methyl sites for hydroxylation is 2. The number of carbonyl (C=O) groups excluding carboxylic acids is 2. The second-order valence-corrected chi connectivity index (χ2v) is 7.78. The van der Waals surface area contributed by atoms with Crippen molar-refractivity contribution in [1.82, 2.24) is 4.90 Å². The molecule has 1 heterocycles. The maximum atomic E-state index is 12.6. The van der Waals surface area contributed by atoms with Crippen LogP contribution in [0.1, 0.15) is 56.7 Å². The number of carbonyl (C=O) groups is 2. The number of likely N-dealkylation sites (N-methyl/N-ethyl adjacent to an activating group) is 1. The van der Waals surface area contributed by atoms with Gasteiger partial charge in [-0.3, -0.25) is 9.69 Å². The van der Waals surface area contributed by atoms with Crippen molar-refractivity contribution in [3.8, 4) is 5.75 Å². The van der Waals surface area contributed by atoms with E-state index in [1.54, 1.807) is 6.92 Å². The highest BCUT2D eigenvalue weighted by molar-refractivity contribution is 5.80. The van der Waals surface area contributed by atoms with E-state index in [9.17, 15) is 9.59 Å². The fourth-order valence-corrected chi connectivity index (χ4v) is 3.97. The summed E-state index contributed by atoms with van der Waals surface area (Å²) in [6.45, 7) is 10.6. The quantitative estimate of drug-likeness (QED) is 0.611. The van der Waals surface area contributed by atoms with Crippen LogP contribution in [0.5, 0.6) is 5.75 Å². The summed E-state index contributed by atoms with van der Waals surface area (Å²) < 4.78 is 5.84. The lowest BCUT2D eigenvalue weighted by Crippen LogP contribution is -2.36. The van der Waals surface area contributed by atoms with E-state index in [-0.39, 0.29) is 23.2 Å². The Kier molecular flexibility index (Phi) is 5.49. The molecule has 1 atom stereocenters. The Hall–Kier alpha value is -1.68. The Bertz CT molecular complexity index is 649. The topological polar surface area (TPSA) is 46.6 Å². The molecule has 1 fully saturated rings. The third kappa shape index (κ3) is 4.04. The van der Waals surface area contributed by atoms with Crippen LogP contribution < -0.4 is 4.74 Å². The van der Waals surface area contributed by atoms with E-state index in [1.165, 1.54) is 0 Å². The smallest absolute Gasteiger partial charge is 0.328 e. The summed E-state index contributed by atoms with van der Waals surface area (Å²) in [6.07, 6.45) is 2.28. The Morgan fingerprint density at radius 3 is 2.50 bits per heavy atom. The molecule has 1 aromatic rings. The molecule has 0 radical (unpaired) electrons. The molecule has 1 aliphatic rings. The van der Waals surface area contributed by atoms with Crippen molar-refractivity contribution < 1.29 is 14.3 Å². The molecular weight excluding hydrogens is 302 g/mol. The number of esters is 1. The molecule has 0 saturated carbocycles. The molecule has 24 heavy (non-hydrogen) atoms. The van der Waals surface area contributed by atoms with Gasteiger partial charge >= 0.3 is 5.97 Å². The first-order valence-electron chi connectivity index (χ1n) is 8.65. The fourth-order valence-electron chi connectivity index (χ4n) is 3.97. The van der Waals surface area contributed by atoms with Gasteiger partial charge in [0.25, 0.3) is 0 Å². The number of ether oxygens (including phenoxy) is 1. The molecule has 4 nitrogen and oxygen atoms in total. The first kappa shape index (κ1) is 18.7. The van der Waals surface area contributed by atoms with Gasteiger partial charge in [0.15, 0.2) is 0 Å². The van der Waals surface area contributed by atoms with Gasteiger partial charge < -0.3 is 4.74 Å². The third-order valence-corrected chi connectivity index (χ3v) is 4.81. The van der Waals surface area contributed by atoms with Gasteiger partial charge in [-0.1, -0.05) is 19.9 Å². The van der Waals surface area contributed by atoms with E-state index in [0.29, 0.717) is 12.2 Å². The summed E-state index contributed by atoms with van der Waals surface area (Å²) in [5.41, 5.74) is 2.69. The highest BCUT2D eigenvalue weighted by atomic mass is 16.5. The van der Waals surface area contributed by atoms with Gasteiger partial charge in [0.2, 0.25) is 0 Å². The number of likely N-dealkylation sites (tertiary alicyclic amines) is 1. The van der Waals surface area contributed by atoms with Gasteiger partial charge in [0, 0.05) is 17.4 Å². The monoisotopic (exact) mass is 331 g/mol. The third-order valence-electron chi connectivity index (χ3n) is 4.81. The second kappa shape index (κ2) is 7.06. The van der Waals surface area contributed by atoms with Gasteiger partial charge in [0.1, 0.15) is 17.6 Å². The molecule has 0 spiro atoms. The van der Waals surface area contributed by atoms with Crippen molar-refractivity contribution in [2.24, 2.45) is 0 Å². The van der Waals surface area contributed by atoms with Gasteiger partial charge in [-0.15, -0.1) is 0 Å². The van der Waals surface area contributed by atoms with Crippen molar-refractivity contribution in [1.29, 1.82) is 0 Å². The summed E-state index contributed by atoms with van der Waals surface area (Å²) in [5.74, 6) is 0.539. The normalized spacial score (nSPS) is 18.7. The molecule has 0 amide bonds. The molecule has 1 aliphatic heterocycles. The minimum absolute atomic E-state index is 0.132. The Balaban J connectivity index is 2.38. The van der Waals surface area contributed by atoms with Crippen LogP contribution in [-0.4, -0.2) is 36.3 Å². The van der Waals surface area contributed by atoms with E-state index in [2.05, 4.69) is 6.07 Å². The van der Waals surface area contributed by atoms with Crippen LogP contribution in [0.2, 0.25) is 0 Å². The van der Waals surface area contributed by atoms with E-state index >= 15 is 0 Å². The van der Waals surface area contributed by atoms with Crippen molar-refractivity contribution in [2.75, 3.05) is 13.6 Å². The molecule has 1 unspecified atom stereocenters. The summed E-state index contributed by atoms with van der Waals surface area (Å²) in [5, 5.41) is 0. The maximum absolute atomic E-state index is 12.6. The summed E-state index contributed by atoms with van der Waals surface area (Å²) in [6, 6.07) is 3.82. The second-order valence-electron chi connectivity index (χ2n) is 7.78. The highest BCUT2D eigenvalue weighted by Crippen LogP contribution is 2.38. The van der Waals surface area contributed by atoms with E-state index < -0.39 is 0 Å². The van der Waals surface area contributed by atoms with Crippen LogP contribution in [0.4, 0.5) is 0 Å². The first-order chi connectivity index (χ1) is 11.1. The molecule has 2 rings (SSSR count). The van der Waals surface area contributed by atoms with E-state index in [1.807, 2.05) is 45.7 Å². The number of hydrogen-bond acceptors (Lipinski definition) is 4. The number of hydrogen-bond donors (Lipinski definition) is 0. The zero-order valence-corrected chi connectivity index (χ0v) is 15.7. The number of nitrogens with zero attached hydrogens (tertiary/aromatic N) is 1. The van der Waals surface area contributed by atoms with Gasteiger partial charge in [0.05, 0.1) is 0 Å². The highest BCUT2D eigenvalue weighted by Gasteiger charge is 2.33. The van der Waals surface area contributed by atoms with Gasteiger partial charge in [-0.25, -0.2) is 4.79 Å². The molecule has 4 heteroatoms. The first-order valence-corrected chi connectivity index (χ1v) is 8.65. The van der Waals surface area contributed by atoms with Crippen LogP contribution in [0.25, 0.3) is 0 Å². The van der Waals surface area contributed by atoms with Crippen LogP contribution in [0, 0.1) is 13.8 Å². The molecule has 1 aromatic carbocycles. The van der Waals surface area contributed by atoms with Crippen LogP contribution >= 0.6 is 0 Å². The van der Waals surface area contributed by atoms with Gasteiger partial charge in [-0.2, -0.15) is 0 Å². The lowest BCUT2D eigenvalue weighted by Gasteiger charge is -2.29. The average Bonchev–Trinajstić information content (AvgIpc) is 2.81. The molecular formula is C20H29NO3. The summed E-state index contributed by atoms with van der Waals surface area (Å²) in [7, 11) is 1.96. The fraction of sp³-hybridized carbons (Fsp3) is 0.600. The number of ketones is 1. The van der Waals surface area contributed by atoms with E-state index in [0.717, 1.165) is 36.1 Å². The minimum atomic E-state index is -0.374. The average molecular weight is 331 g/mol. The standard InChI is InChI=1S/C20H29NO3/c1-13-10-14(2)18(20(4,5)12-15(3)22)17(11-13)24-19(23)16-8-7-9-21(16)6/h10-11,16H,7-9,12H2,1-6H3. The van der Waals surface area contributed by atoms with Crippen LogP contribution in [0.3, 0.4) is 0 Å². The Morgan fingerprint density at radius 2 is 1.96 bits per heavy atom. The minimum Gasteiger partial charge on any atom is -0.425 e. The summed E-state index contributed by atoms with van der Waals surface area (Å²) >= 11 is 0. The predicted octanol–water partition coefficient (Wildman–Crippen LogP) is 3.56.